The smallest absolute Gasteiger partial charge is 0.0267 e. The van der Waals surface area contributed by atoms with Gasteiger partial charge in [0.25, 0.3) is 0 Å². The van der Waals surface area contributed by atoms with Crippen molar-refractivity contribution in [2.45, 2.75) is 0 Å². The van der Waals surface area contributed by atoms with Crippen molar-refractivity contribution in [1.82, 2.24) is 4.98 Å². The summed E-state index contributed by atoms with van der Waals surface area (Å²) in [4.78, 5) is 3.78. The number of benzene rings is 1. The minimum absolute atomic E-state index is 1.08. The lowest BCUT2D eigenvalue weighted by Crippen LogP contribution is -1.73. The number of nitrogens with zero attached hydrogens (tertiary/aromatic N) is 1. The van der Waals surface area contributed by atoms with E-state index in [2.05, 4.69) is 36.4 Å². The van der Waals surface area contributed by atoms with E-state index in [4.69, 9.17) is 0 Å². The van der Waals surface area contributed by atoms with Crippen LogP contribution in [0.4, 0.5) is 0 Å². The average Bonchev–Trinajstić information content (AvgIpc) is 2.54. The van der Waals surface area contributed by atoms with Gasteiger partial charge in [-0.2, -0.15) is 0 Å². The van der Waals surface area contributed by atoms with Crippen LogP contribution in [0.2, 0.25) is 0 Å². The first-order valence-corrected chi connectivity index (χ1v) is 6.40. The highest BCUT2D eigenvalue weighted by Gasteiger charge is 1.86. The van der Waals surface area contributed by atoms with Crippen LogP contribution in [0.3, 0.4) is 0 Å². The number of hydrogen-bond donors (Lipinski definition) is 0. The van der Waals surface area contributed by atoms with Gasteiger partial charge in [0.1, 0.15) is 0 Å². The molecular weight excluding hydrogens is 242 g/mol. The Morgan fingerprint density at radius 3 is 2.00 bits per heavy atom. The number of rotatable bonds is 4. The molecule has 0 unspecified atom stereocenters. The number of aromatic nitrogens is 1. The van der Waals surface area contributed by atoms with Crippen LogP contribution in [0.5, 0.6) is 0 Å². The van der Waals surface area contributed by atoms with Crippen LogP contribution in [0, 0.1) is 0 Å². The van der Waals surface area contributed by atoms with Gasteiger partial charge in [-0.05, 0) is 29.3 Å². The van der Waals surface area contributed by atoms with Crippen LogP contribution < -0.4 is 0 Å². The molecule has 1 aromatic heterocycles. The largest absolute Gasteiger partial charge is 0.265 e. The zero-order valence-electron chi connectivity index (χ0n) is 11.5. The van der Waals surface area contributed by atoms with E-state index in [-0.39, 0.29) is 0 Å². The second-order valence-corrected chi connectivity index (χ2v) is 3.88. The fourth-order valence-electron chi connectivity index (χ4n) is 1.41. The highest BCUT2D eigenvalue weighted by Crippen LogP contribution is 2.08. The highest BCUT2D eigenvalue weighted by molar-refractivity contribution is 5.59. The fourth-order valence-corrected chi connectivity index (χ4v) is 1.41. The maximum absolute atomic E-state index is 3.78. The van der Waals surface area contributed by atoms with E-state index in [1.807, 2.05) is 54.6 Å². The van der Waals surface area contributed by atoms with Crippen molar-refractivity contribution in [2.75, 3.05) is 0 Å². The first-order chi connectivity index (χ1) is 9.86. The number of hydrogen-bond acceptors (Lipinski definition) is 1. The maximum atomic E-state index is 3.78. The fraction of sp³-hybridized carbons (Fsp3) is 0. The maximum Gasteiger partial charge on any atom is 0.0267 e. The van der Waals surface area contributed by atoms with Crippen molar-refractivity contribution in [3.05, 3.63) is 110 Å². The van der Waals surface area contributed by atoms with Gasteiger partial charge in [0.05, 0.1) is 0 Å². The van der Waals surface area contributed by atoms with E-state index in [9.17, 15) is 0 Å². The Labute approximate surface area is 121 Å². The Kier molecular flexibility index (Phi) is 7.90. The van der Waals surface area contributed by atoms with Gasteiger partial charge in [0, 0.05) is 12.4 Å². The Morgan fingerprint density at radius 2 is 1.55 bits per heavy atom. The predicted octanol–water partition coefficient (Wildman–Crippen LogP) is 5.08. The van der Waals surface area contributed by atoms with Gasteiger partial charge in [0.2, 0.25) is 0 Å². The molecule has 0 atom stereocenters. The molecule has 1 aromatic carbocycles. The molecule has 0 aliphatic heterocycles. The number of pyridine rings is 1. The first-order valence-electron chi connectivity index (χ1n) is 6.40. The summed E-state index contributed by atoms with van der Waals surface area (Å²) in [6, 6.07) is 15.9. The normalized spacial score (nSPS) is 10.5. The molecular formula is C19H19N. The topological polar surface area (TPSA) is 12.9 Å². The van der Waals surface area contributed by atoms with E-state index in [0.717, 1.165) is 5.57 Å². The van der Waals surface area contributed by atoms with Crippen molar-refractivity contribution in [2.24, 2.45) is 0 Å². The van der Waals surface area contributed by atoms with Crippen LogP contribution >= 0.6 is 0 Å². The Hall–Kier alpha value is -2.67. The zero-order chi connectivity index (χ0) is 14.5. The van der Waals surface area contributed by atoms with Crippen LogP contribution in [-0.2, 0) is 0 Å². The molecule has 1 nitrogen and oxygen atoms in total. The summed E-state index contributed by atoms with van der Waals surface area (Å²) in [7, 11) is 0. The third-order valence-corrected chi connectivity index (χ3v) is 2.36. The van der Waals surface area contributed by atoms with E-state index in [1.54, 1.807) is 18.5 Å². The zero-order valence-corrected chi connectivity index (χ0v) is 11.5. The molecule has 0 fully saturated rings. The quantitative estimate of drug-likeness (QED) is 0.699. The molecule has 2 aromatic rings. The predicted molar refractivity (Wildman–Crippen MR) is 88.2 cm³/mol. The number of allylic oxidation sites excluding steroid dienone is 5. The monoisotopic (exact) mass is 261 g/mol. The lowest BCUT2D eigenvalue weighted by Gasteiger charge is -1.94. The highest BCUT2D eigenvalue weighted by atomic mass is 14.6. The van der Waals surface area contributed by atoms with Crippen molar-refractivity contribution < 1.29 is 0 Å². The van der Waals surface area contributed by atoms with Gasteiger partial charge in [-0.15, -0.1) is 0 Å². The minimum atomic E-state index is 1.08. The van der Waals surface area contributed by atoms with Crippen LogP contribution in [0.15, 0.2) is 104 Å². The van der Waals surface area contributed by atoms with E-state index in [1.165, 1.54) is 5.56 Å². The SMILES string of the molecule is C=CC=CC(C=C)=Cc1ccccc1.c1ccncc1. The Morgan fingerprint density at radius 1 is 0.900 bits per heavy atom. The van der Waals surface area contributed by atoms with Gasteiger partial charge in [-0.3, -0.25) is 4.98 Å². The summed E-state index contributed by atoms with van der Waals surface area (Å²) in [5.41, 5.74) is 2.26. The van der Waals surface area contributed by atoms with Gasteiger partial charge in [-0.1, -0.05) is 73.9 Å². The van der Waals surface area contributed by atoms with Crippen molar-refractivity contribution in [1.29, 1.82) is 0 Å². The van der Waals surface area contributed by atoms with Gasteiger partial charge < -0.3 is 0 Å². The third-order valence-electron chi connectivity index (χ3n) is 2.36. The molecule has 0 spiro atoms. The summed E-state index contributed by atoms with van der Waals surface area (Å²) in [5.74, 6) is 0. The van der Waals surface area contributed by atoms with E-state index < -0.39 is 0 Å². The second kappa shape index (κ2) is 10.3. The molecule has 0 aliphatic rings. The van der Waals surface area contributed by atoms with Crippen LogP contribution in [0.1, 0.15) is 5.56 Å². The summed E-state index contributed by atoms with van der Waals surface area (Å²) >= 11 is 0. The molecule has 100 valence electrons. The first kappa shape index (κ1) is 15.4. The molecule has 1 heteroatoms. The van der Waals surface area contributed by atoms with Crippen LogP contribution in [0.25, 0.3) is 6.08 Å². The van der Waals surface area contributed by atoms with Crippen molar-refractivity contribution in [3.63, 3.8) is 0 Å². The van der Waals surface area contributed by atoms with Crippen molar-refractivity contribution in [3.8, 4) is 0 Å². The summed E-state index contributed by atoms with van der Waals surface area (Å²) < 4.78 is 0. The van der Waals surface area contributed by atoms with E-state index in [0.29, 0.717) is 0 Å². The van der Waals surface area contributed by atoms with Gasteiger partial charge in [-0.25, -0.2) is 0 Å². The molecule has 0 bridgehead atoms. The molecule has 1 heterocycles. The van der Waals surface area contributed by atoms with Crippen LogP contribution in [-0.4, -0.2) is 4.98 Å². The van der Waals surface area contributed by atoms with E-state index >= 15 is 0 Å². The molecule has 0 N–H and O–H groups in total. The minimum Gasteiger partial charge on any atom is -0.265 e. The molecule has 0 saturated carbocycles. The lowest BCUT2D eigenvalue weighted by atomic mass is 10.1. The lowest BCUT2D eigenvalue weighted by molar-refractivity contribution is 1.33. The Bertz CT molecular complexity index is 524. The van der Waals surface area contributed by atoms with Crippen molar-refractivity contribution >= 4 is 6.08 Å². The second-order valence-electron chi connectivity index (χ2n) is 3.88. The Balaban J connectivity index is 0.000000276. The third kappa shape index (κ3) is 6.92. The molecule has 2 rings (SSSR count). The summed E-state index contributed by atoms with van der Waals surface area (Å²) in [6.07, 6.45) is 13.0. The molecule has 0 saturated heterocycles. The molecule has 0 amide bonds. The molecule has 0 aliphatic carbocycles. The van der Waals surface area contributed by atoms with Gasteiger partial charge >= 0.3 is 0 Å². The average molecular weight is 261 g/mol. The molecule has 20 heavy (non-hydrogen) atoms. The summed E-state index contributed by atoms with van der Waals surface area (Å²) in [5, 5.41) is 0. The van der Waals surface area contributed by atoms with Gasteiger partial charge in [0.15, 0.2) is 0 Å². The molecule has 0 radical (unpaired) electrons. The standard InChI is InChI=1S/C14H14.C5H5N/c1-3-5-9-13(4-2)12-14-10-7-6-8-11-14;1-2-4-6-5-3-1/h3-12H,1-2H2;1-5H. The summed E-state index contributed by atoms with van der Waals surface area (Å²) in [6.45, 7) is 7.38.